The number of aliphatic imine (C=N–C) groups is 1. The van der Waals surface area contributed by atoms with Crippen molar-refractivity contribution in [3.05, 3.63) is 64.9 Å². The fourth-order valence-corrected chi connectivity index (χ4v) is 2.38. The van der Waals surface area contributed by atoms with Gasteiger partial charge in [-0.2, -0.15) is 0 Å². The highest BCUT2D eigenvalue weighted by molar-refractivity contribution is 14.0. The van der Waals surface area contributed by atoms with Gasteiger partial charge in [0.2, 0.25) is 5.91 Å². The molecule has 0 aromatic heterocycles. The Morgan fingerprint density at radius 3 is 2.54 bits per heavy atom. The standard InChI is InChI=1S/C18H20ClFN4O.HI/c1-21-18(24(2)12-13-6-8-14(19)9-7-13)22-11-17(25)23-16-5-3-4-15(20)10-16;/h3-10H,11-12H2,1-2H3,(H,21,22)(H,23,25);1H. The number of carbonyl (C=O) groups excluding carboxylic acids is 1. The number of guanidine groups is 1. The fourth-order valence-electron chi connectivity index (χ4n) is 2.25. The van der Waals surface area contributed by atoms with Crippen LogP contribution in [0, 0.1) is 5.82 Å². The number of nitrogens with zero attached hydrogens (tertiary/aromatic N) is 2. The van der Waals surface area contributed by atoms with Crippen molar-refractivity contribution in [2.24, 2.45) is 4.99 Å². The quantitative estimate of drug-likeness (QED) is 0.381. The van der Waals surface area contributed by atoms with Gasteiger partial charge in [0, 0.05) is 31.4 Å². The predicted octanol–water partition coefficient (Wildman–Crippen LogP) is 3.74. The van der Waals surface area contributed by atoms with Gasteiger partial charge in [-0.3, -0.25) is 9.79 Å². The normalized spacial score (nSPS) is 10.7. The molecule has 0 atom stereocenters. The zero-order chi connectivity index (χ0) is 18.2. The van der Waals surface area contributed by atoms with E-state index in [0.29, 0.717) is 23.2 Å². The lowest BCUT2D eigenvalue weighted by Crippen LogP contribution is -2.42. The Balaban J connectivity index is 0.00000338. The second-order valence-corrected chi connectivity index (χ2v) is 5.88. The van der Waals surface area contributed by atoms with E-state index in [-0.39, 0.29) is 36.4 Å². The zero-order valence-electron chi connectivity index (χ0n) is 14.5. The summed E-state index contributed by atoms with van der Waals surface area (Å²) >= 11 is 5.88. The number of nitrogens with one attached hydrogen (secondary N) is 2. The van der Waals surface area contributed by atoms with Gasteiger partial charge in [0.15, 0.2) is 5.96 Å². The minimum Gasteiger partial charge on any atom is -0.347 e. The maximum absolute atomic E-state index is 13.1. The minimum absolute atomic E-state index is 0. The summed E-state index contributed by atoms with van der Waals surface area (Å²) in [5, 5.41) is 6.29. The lowest BCUT2D eigenvalue weighted by molar-refractivity contribution is -0.115. The first-order valence-corrected chi connectivity index (χ1v) is 8.07. The zero-order valence-corrected chi connectivity index (χ0v) is 17.6. The SMILES string of the molecule is CN=C(NCC(=O)Nc1cccc(F)c1)N(C)Cc1ccc(Cl)cc1.I. The number of benzene rings is 2. The van der Waals surface area contributed by atoms with Crippen LogP contribution in [0.15, 0.2) is 53.5 Å². The van der Waals surface area contributed by atoms with Crippen molar-refractivity contribution in [3.8, 4) is 0 Å². The number of carbonyl (C=O) groups is 1. The van der Waals surface area contributed by atoms with E-state index in [2.05, 4.69) is 15.6 Å². The fraction of sp³-hybridized carbons (Fsp3) is 0.222. The summed E-state index contributed by atoms with van der Waals surface area (Å²) in [6.07, 6.45) is 0. The molecule has 0 bridgehead atoms. The lowest BCUT2D eigenvalue weighted by atomic mass is 10.2. The van der Waals surface area contributed by atoms with Crippen molar-refractivity contribution >= 4 is 53.1 Å². The van der Waals surface area contributed by atoms with Crippen molar-refractivity contribution in [2.75, 3.05) is 26.0 Å². The third-order valence-electron chi connectivity index (χ3n) is 3.42. The molecule has 0 heterocycles. The Bertz CT molecular complexity index is 755. The van der Waals surface area contributed by atoms with Crippen molar-refractivity contribution in [2.45, 2.75) is 6.54 Å². The Morgan fingerprint density at radius 2 is 1.92 bits per heavy atom. The van der Waals surface area contributed by atoms with Gasteiger partial charge in [-0.15, -0.1) is 24.0 Å². The van der Waals surface area contributed by atoms with Gasteiger partial charge in [-0.1, -0.05) is 29.8 Å². The van der Waals surface area contributed by atoms with Gasteiger partial charge in [-0.05, 0) is 35.9 Å². The Labute approximate surface area is 174 Å². The number of hydrogen-bond acceptors (Lipinski definition) is 2. The molecule has 0 fully saturated rings. The molecule has 0 unspecified atom stereocenters. The molecular weight excluding hydrogens is 470 g/mol. The van der Waals surface area contributed by atoms with Crippen LogP contribution in [0.4, 0.5) is 10.1 Å². The third kappa shape index (κ3) is 7.17. The topological polar surface area (TPSA) is 56.7 Å². The van der Waals surface area contributed by atoms with Crippen LogP contribution in [0.1, 0.15) is 5.56 Å². The molecule has 0 aliphatic rings. The summed E-state index contributed by atoms with van der Waals surface area (Å²) in [4.78, 5) is 18.0. The van der Waals surface area contributed by atoms with E-state index in [9.17, 15) is 9.18 Å². The van der Waals surface area contributed by atoms with E-state index in [1.54, 1.807) is 13.1 Å². The highest BCUT2D eigenvalue weighted by Crippen LogP contribution is 2.11. The molecule has 26 heavy (non-hydrogen) atoms. The van der Waals surface area contributed by atoms with Crippen molar-refractivity contribution in [3.63, 3.8) is 0 Å². The summed E-state index contributed by atoms with van der Waals surface area (Å²) in [5.74, 6) is -0.111. The van der Waals surface area contributed by atoms with Crippen molar-refractivity contribution in [1.82, 2.24) is 10.2 Å². The molecule has 5 nitrogen and oxygen atoms in total. The van der Waals surface area contributed by atoms with Gasteiger partial charge < -0.3 is 15.5 Å². The molecule has 140 valence electrons. The number of halogens is 3. The van der Waals surface area contributed by atoms with E-state index < -0.39 is 5.82 Å². The molecule has 0 aliphatic carbocycles. The predicted molar refractivity (Wildman–Crippen MR) is 115 cm³/mol. The summed E-state index contributed by atoms with van der Waals surface area (Å²) in [6.45, 7) is 0.635. The number of rotatable bonds is 5. The van der Waals surface area contributed by atoms with Crippen LogP contribution >= 0.6 is 35.6 Å². The second kappa shape index (κ2) is 11.0. The lowest BCUT2D eigenvalue weighted by Gasteiger charge is -2.22. The first kappa shape index (κ1) is 22.2. The van der Waals surface area contributed by atoms with E-state index >= 15 is 0 Å². The molecule has 0 aliphatic heterocycles. The molecule has 0 spiro atoms. The van der Waals surface area contributed by atoms with Crippen LogP contribution in [-0.2, 0) is 11.3 Å². The van der Waals surface area contributed by atoms with Gasteiger partial charge >= 0.3 is 0 Å². The summed E-state index contributed by atoms with van der Waals surface area (Å²) in [7, 11) is 3.51. The van der Waals surface area contributed by atoms with Crippen LogP contribution in [0.5, 0.6) is 0 Å². The Kier molecular flexibility index (Phi) is 9.36. The Hall–Kier alpha value is -1.87. The van der Waals surface area contributed by atoms with Crippen LogP contribution in [0.2, 0.25) is 5.02 Å². The summed E-state index contributed by atoms with van der Waals surface area (Å²) < 4.78 is 13.1. The monoisotopic (exact) mass is 490 g/mol. The highest BCUT2D eigenvalue weighted by atomic mass is 127. The Morgan fingerprint density at radius 1 is 1.23 bits per heavy atom. The molecule has 2 N–H and O–H groups in total. The average Bonchev–Trinajstić information content (AvgIpc) is 2.57. The molecule has 8 heteroatoms. The molecule has 1 amide bonds. The third-order valence-corrected chi connectivity index (χ3v) is 3.67. The van der Waals surface area contributed by atoms with E-state index in [1.807, 2.05) is 36.2 Å². The smallest absolute Gasteiger partial charge is 0.243 e. The molecular formula is C18H21ClFIN4O. The summed E-state index contributed by atoms with van der Waals surface area (Å²) in [6, 6.07) is 13.3. The second-order valence-electron chi connectivity index (χ2n) is 5.44. The number of anilines is 1. The van der Waals surface area contributed by atoms with Crippen molar-refractivity contribution < 1.29 is 9.18 Å². The van der Waals surface area contributed by atoms with E-state index in [1.165, 1.54) is 18.2 Å². The van der Waals surface area contributed by atoms with Crippen LogP contribution in [0.3, 0.4) is 0 Å². The average molecular weight is 491 g/mol. The van der Waals surface area contributed by atoms with Gasteiger partial charge in [0.05, 0.1) is 6.54 Å². The maximum Gasteiger partial charge on any atom is 0.243 e. The molecule has 2 rings (SSSR count). The number of hydrogen-bond donors (Lipinski definition) is 2. The van der Waals surface area contributed by atoms with Gasteiger partial charge in [-0.25, -0.2) is 4.39 Å². The van der Waals surface area contributed by atoms with Gasteiger partial charge in [0.25, 0.3) is 0 Å². The molecule has 2 aromatic rings. The first-order valence-electron chi connectivity index (χ1n) is 7.69. The molecule has 0 radical (unpaired) electrons. The minimum atomic E-state index is -0.399. The summed E-state index contributed by atoms with van der Waals surface area (Å²) in [5.41, 5.74) is 1.48. The van der Waals surface area contributed by atoms with Crippen LogP contribution in [-0.4, -0.2) is 37.4 Å². The molecule has 0 saturated heterocycles. The largest absolute Gasteiger partial charge is 0.347 e. The first-order chi connectivity index (χ1) is 12.0. The molecule has 2 aromatic carbocycles. The molecule has 0 saturated carbocycles. The van der Waals surface area contributed by atoms with Gasteiger partial charge in [0.1, 0.15) is 5.82 Å². The highest BCUT2D eigenvalue weighted by Gasteiger charge is 2.09. The van der Waals surface area contributed by atoms with Crippen LogP contribution in [0.25, 0.3) is 0 Å². The van der Waals surface area contributed by atoms with E-state index in [0.717, 1.165) is 5.56 Å². The van der Waals surface area contributed by atoms with Crippen LogP contribution < -0.4 is 10.6 Å². The van der Waals surface area contributed by atoms with E-state index in [4.69, 9.17) is 11.6 Å². The van der Waals surface area contributed by atoms with Crippen molar-refractivity contribution in [1.29, 1.82) is 0 Å². The maximum atomic E-state index is 13.1. The number of amides is 1.